The van der Waals surface area contributed by atoms with Crippen molar-refractivity contribution in [2.24, 2.45) is 0 Å². The largest absolute Gasteiger partial charge is 0.368 e. The van der Waals surface area contributed by atoms with Crippen LogP contribution < -0.4 is 5.32 Å². The van der Waals surface area contributed by atoms with Crippen LogP contribution in [0.1, 0.15) is 57.2 Å². The number of rotatable bonds is 6. The Labute approximate surface area is 110 Å². The Morgan fingerprint density at radius 3 is 2.56 bits per heavy atom. The third kappa shape index (κ3) is 3.06. The minimum absolute atomic E-state index is 0.263. The highest BCUT2D eigenvalue weighted by Crippen LogP contribution is 2.27. The molecule has 0 aliphatic heterocycles. The Bertz CT molecular complexity index is 395. The molecule has 1 N–H and O–H groups in total. The molecule has 1 heterocycles. The summed E-state index contributed by atoms with van der Waals surface area (Å²) >= 11 is 0. The second-order valence-corrected chi connectivity index (χ2v) is 4.76. The topological polar surface area (TPSA) is 47.0 Å². The van der Waals surface area contributed by atoms with Crippen LogP contribution in [-0.4, -0.2) is 23.6 Å². The minimum Gasteiger partial charge on any atom is -0.368 e. The van der Waals surface area contributed by atoms with Crippen LogP contribution in [0, 0.1) is 6.92 Å². The first-order chi connectivity index (χ1) is 8.48. The van der Waals surface area contributed by atoms with Crippen molar-refractivity contribution in [3.63, 3.8) is 0 Å². The van der Waals surface area contributed by atoms with Crippen LogP contribution in [0.25, 0.3) is 0 Å². The van der Waals surface area contributed by atoms with Crippen LogP contribution in [0.3, 0.4) is 0 Å². The summed E-state index contributed by atoms with van der Waals surface area (Å²) in [5.41, 5.74) is 1.76. The number of nitrogens with one attached hydrogen (secondary N) is 1. The lowest BCUT2D eigenvalue weighted by Gasteiger charge is -2.27. The lowest BCUT2D eigenvalue weighted by Crippen LogP contribution is -2.28. The number of aryl methyl sites for hydroxylation is 1. The van der Waals surface area contributed by atoms with E-state index in [-0.39, 0.29) is 11.6 Å². The molecule has 4 nitrogen and oxygen atoms in total. The molecule has 1 rings (SSSR count). The van der Waals surface area contributed by atoms with Gasteiger partial charge in [-0.1, -0.05) is 6.92 Å². The number of ether oxygens (including phenoxy) is 1. The summed E-state index contributed by atoms with van der Waals surface area (Å²) in [6.45, 7) is 10.9. The molecular weight excluding hydrogens is 226 g/mol. The Balaban J connectivity index is 3.09. The fourth-order valence-corrected chi connectivity index (χ4v) is 1.96. The molecule has 0 aliphatic carbocycles. The van der Waals surface area contributed by atoms with Gasteiger partial charge in [-0.05, 0) is 41.2 Å². The first-order valence-corrected chi connectivity index (χ1v) is 6.63. The predicted octanol–water partition coefficient (Wildman–Crippen LogP) is 2.73. The van der Waals surface area contributed by atoms with E-state index in [4.69, 9.17) is 4.74 Å². The Morgan fingerprint density at radius 2 is 2.11 bits per heavy atom. The summed E-state index contributed by atoms with van der Waals surface area (Å²) in [5.74, 6) is 0.774. The van der Waals surface area contributed by atoms with Crippen LogP contribution in [0.4, 0.5) is 0 Å². The highest BCUT2D eigenvalue weighted by Gasteiger charge is 2.28. The Morgan fingerprint density at radius 1 is 1.44 bits per heavy atom. The van der Waals surface area contributed by atoms with Crippen molar-refractivity contribution in [2.75, 3.05) is 13.7 Å². The van der Waals surface area contributed by atoms with Crippen molar-refractivity contribution in [1.82, 2.24) is 15.3 Å². The van der Waals surface area contributed by atoms with Gasteiger partial charge >= 0.3 is 0 Å². The van der Waals surface area contributed by atoms with E-state index in [1.807, 2.05) is 34.0 Å². The van der Waals surface area contributed by atoms with E-state index < -0.39 is 0 Å². The molecule has 0 aliphatic rings. The van der Waals surface area contributed by atoms with E-state index in [9.17, 15) is 0 Å². The monoisotopic (exact) mass is 251 g/mol. The van der Waals surface area contributed by atoms with Crippen LogP contribution >= 0.6 is 0 Å². The van der Waals surface area contributed by atoms with E-state index in [0.29, 0.717) is 6.61 Å². The quantitative estimate of drug-likeness (QED) is 0.844. The van der Waals surface area contributed by atoms with E-state index in [1.54, 1.807) is 0 Å². The lowest BCUT2D eigenvalue weighted by atomic mass is 10.0. The maximum Gasteiger partial charge on any atom is 0.160 e. The fourth-order valence-electron chi connectivity index (χ4n) is 1.96. The van der Waals surface area contributed by atoms with Crippen molar-refractivity contribution < 1.29 is 4.74 Å². The molecule has 0 aromatic carbocycles. The van der Waals surface area contributed by atoms with E-state index >= 15 is 0 Å². The van der Waals surface area contributed by atoms with Crippen LogP contribution in [-0.2, 0) is 10.3 Å². The van der Waals surface area contributed by atoms with Crippen molar-refractivity contribution in [1.29, 1.82) is 0 Å². The summed E-state index contributed by atoms with van der Waals surface area (Å²) in [7, 11) is 1.94. The zero-order chi connectivity index (χ0) is 13.8. The predicted molar refractivity (Wildman–Crippen MR) is 73.5 cm³/mol. The molecule has 18 heavy (non-hydrogen) atoms. The zero-order valence-electron chi connectivity index (χ0n) is 12.4. The van der Waals surface area contributed by atoms with Gasteiger partial charge in [0.25, 0.3) is 0 Å². The first kappa shape index (κ1) is 15.1. The van der Waals surface area contributed by atoms with Crippen molar-refractivity contribution in [3.05, 3.63) is 23.3 Å². The van der Waals surface area contributed by atoms with Crippen molar-refractivity contribution in [3.8, 4) is 0 Å². The zero-order valence-corrected chi connectivity index (χ0v) is 12.4. The van der Waals surface area contributed by atoms with Crippen LogP contribution in [0.5, 0.6) is 0 Å². The third-order valence-corrected chi connectivity index (χ3v) is 3.53. The maximum atomic E-state index is 5.81. The highest BCUT2D eigenvalue weighted by molar-refractivity contribution is 5.21. The average molecular weight is 251 g/mol. The first-order valence-electron chi connectivity index (χ1n) is 6.63. The molecule has 1 aromatic rings. The molecule has 102 valence electrons. The molecule has 0 spiro atoms. The molecule has 2 unspecified atom stereocenters. The molecule has 0 radical (unpaired) electrons. The van der Waals surface area contributed by atoms with E-state index in [0.717, 1.165) is 23.5 Å². The number of nitrogens with zero attached hydrogens (tertiary/aromatic N) is 2. The smallest absolute Gasteiger partial charge is 0.160 e. The van der Waals surface area contributed by atoms with Gasteiger partial charge in [-0.15, -0.1) is 0 Å². The number of aromatic nitrogens is 2. The molecule has 0 bridgehead atoms. The van der Waals surface area contributed by atoms with Gasteiger partial charge < -0.3 is 10.1 Å². The van der Waals surface area contributed by atoms with Gasteiger partial charge in [0.05, 0.1) is 0 Å². The molecule has 2 atom stereocenters. The van der Waals surface area contributed by atoms with Gasteiger partial charge in [0.1, 0.15) is 5.60 Å². The normalized spacial score (nSPS) is 16.3. The Hall–Kier alpha value is -1.00. The summed E-state index contributed by atoms with van der Waals surface area (Å²) in [4.78, 5) is 9.12. The summed E-state index contributed by atoms with van der Waals surface area (Å²) in [6.07, 6.45) is 2.77. The van der Waals surface area contributed by atoms with Crippen LogP contribution in [0.2, 0.25) is 0 Å². The standard InChI is InChI=1S/C14H25N3O/c1-7-14(5,18-8-2)13-16-9-12(10(3)15-6)11(4)17-13/h9-10,15H,7-8H2,1-6H3. The van der Waals surface area contributed by atoms with Gasteiger partial charge in [0.2, 0.25) is 0 Å². The summed E-state index contributed by atoms with van der Waals surface area (Å²) in [5, 5.41) is 3.21. The van der Waals surface area contributed by atoms with Gasteiger partial charge in [0, 0.05) is 30.1 Å². The van der Waals surface area contributed by atoms with Crippen molar-refractivity contribution in [2.45, 2.75) is 52.7 Å². The number of hydrogen-bond acceptors (Lipinski definition) is 4. The molecule has 4 heteroatoms. The van der Waals surface area contributed by atoms with Crippen molar-refractivity contribution >= 4 is 0 Å². The molecular formula is C14H25N3O. The van der Waals surface area contributed by atoms with Gasteiger partial charge in [0.15, 0.2) is 5.82 Å². The average Bonchev–Trinajstić information content (AvgIpc) is 2.37. The third-order valence-electron chi connectivity index (χ3n) is 3.53. The molecule has 0 fully saturated rings. The second-order valence-electron chi connectivity index (χ2n) is 4.76. The second kappa shape index (κ2) is 6.25. The SMILES string of the molecule is CCOC(C)(CC)c1ncc(C(C)NC)c(C)n1. The van der Waals surface area contributed by atoms with E-state index in [1.165, 1.54) is 0 Å². The fraction of sp³-hybridized carbons (Fsp3) is 0.714. The lowest BCUT2D eigenvalue weighted by molar-refractivity contribution is -0.0392. The molecule has 0 saturated heterocycles. The van der Waals surface area contributed by atoms with Gasteiger partial charge in [-0.25, -0.2) is 9.97 Å². The van der Waals surface area contributed by atoms with Gasteiger partial charge in [-0.3, -0.25) is 0 Å². The number of hydrogen-bond donors (Lipinski definition) is 1. The molecule has 0 saturated carbocycles. The molecule has 1 aromatic heterocycles. The minimum atomic E-state index is -0.388. The summed E-state index contributed by atoms with van der Waals surface area (Å²) < 4.78 is 5.81. The van der Waals surface area contributed by atoms with Gasteiger partial charge in [-0.2, -0.15) is 0 Å². The summed E-state index contributed by atoms with van der Waals surface area (Å²) in [6, 6.07) is 0.263. The molecule has 0 amide bonds. The van der Waals surface area contributed by atoms with Crippen LogP contribution in [0.15, 0.2) is 6.20 Å². The van der Waals surface area contributed by atoms with E-state index in [2.05, 4.69) is 29.1 Å². The Kier molecular flexibility index (Phi) is 5.23. The highest BCUT2D eigenvalue weighted by atomic mass is 16.5. The maximum absolute atomic E-state index is 5.81.